The number of nitrogens with two attached hydrogens (primary N) is 2. The molecule has 1 aromatic heterocycles. The molecule has 1 aromatic carbocycles. The fourth-order valence-electron chi connectivity index (χ4n) is 1.40. The summed E-state index contributed by atoms with van der Waals surface area (Å²) in [5.74, 6) is 0.0649. The van der Waals surface area contributed by atoms with Crippen LogP contribution in [0.1, 0.15) is 0 Å². The number of anilines is 2. The van der Waals surface area contributed by atoms with Gasteiger partial charge < -0.3 is 11.5 Å². The molecular weight excluding hydrogens is 325 g/mol. The van der Waals surface area contributed by atoms with Crippen molar-refractivity contribution in [2.75, 3.05) is 11.5 Å². The second kappa shape index (κ2) is 5.29. The van der Waals surface area contributed by atoms with E-state index in [2.05, 4.69) is 20.4 Å². The summed E-state index contributed by atoms with van der Waals surface area (Å²) in [5.41, 5.74) is 5.76. The zero-order valence-electron chi connectivity index (χ0n) is 10.7. The van der Waals surface area contributed by atoms with Gasteiger partial charge in [0.25, 0.3) is 9.84 Å². The molecule has 0 unspecified atom stereocenters. The van der Waals surface area contributed by atoms with Gasteiger partial charge in [-0.3, -0.25) is 5.10 Å². The Kier molecular flexibility index (Phi) is 3.79. The summed E-state index contributed by atoms with van der Waals surface area (Å²) >= 11 is 0. The summed E-state index contributed by atoms with van der Waals surface area (Å²) in [6.07, 6.45) is 0. The van der Waals surface area contributed by atoms with Gasteiger partial charge in [0, 0.05) is 0 Å². The van der Waals surface area contributed by atoms with Crippen LogP contribution in [-0.4, -0.2) is 24.1 Å². The van der Waals surface area contributed by atoms with Crippen LogP contribution in [0, 0.1) is 0 Å². The van der Waals surface area contributed by atoms with Crippen molar-refractivity contribution in [2.24, 2.45) is 10.2 Å². The number of halogens is 3. The zero-order valence-corrected chi connectivity index (χ0v) is 11.5. The zero-order chi connectivity index (χ0) is 16.5. The number of azo groups is 1. The number of sulfone groups is 1. The van der Waals surface area contributed by atoms with Gasteiger partial charge in [0.15, 0.2) is 11.5 Å². The molecule has 0 spiro atoms. The number of hydrogen-bond acceptors (Lipinski definition) is 7. The Hall–Kier alpha value is -2.63. The van der Waals surface area contributed by atoms with Gasteiger partial charge in [-0.25, -0.2) is 8.42 Å². The Balaban J connectivity index is 2.27. The third-order valence-electron chi connectivity index (χ3n) is 2.51. The summed E-state index contributed by atoms with van der Waals surface area (Å²) in [5, 5.41) is 13.3. The Labute approximate surface area is 121 Å². The lowest BCUT2D eigenvalue weighted by Gasteiger charge is -2.07. The summed E-state index contributed by atoms with van der Waals surface area (Å²) < 4.78 is 59.5. The first-order chi connectivity index (χ1) is 10.1. The van der Waals surface area contributed by atoms with Gasteiger partial charge in [-0.15, -0.1) is 5.11 Å². The molecule has 0 aliphatic heterocycles. The molecule has 0 fully saturated rings. The van der Waals surface area contributed by atoms with Crippen molar-refractivity contribution < 1.29 is 21.6 Å². The summed E-state index contributed by atoms with van der Waals surface area (Å²) in [4.78, 5) is -0.888. The number of nitrogen functional groups attached to an aromatic ring is 2. The quantitative estimate of drug-likeness (QED) is 0.739. The number of H-pyrrole nitrogens is 1. The van der Waals surface area contributed by atoms with Crippen molar-refractivity contribution in [1.29, 1.82) is 0 Å². The van der Waals surface area contributed by atoms with E-state index >= 15 is 0 Å². The number of nitrogens with zero attached hydrogens (tertiary/aromatic N) is 3. The lowest BCUT2D eigenvalue weighted by atomic mass is 10.3. The van der Waals surface area contributed by atoms with Crippen molar-refractivity contribution in [3.63, 3.8) is 0 Å². The van der Waals surface area contributed by atoms with Crippen LogP contribution in [-0.2, 0) is 9.84 Å². The predicted molar refractivity (Wildman–Crippen MR) is 71.3 cm³/mol. The molecule has 1 heterocycles. The van der Waals surface area contributed by atoms with E-state index in [1.807, 2.05) is 0 Å². The molecule has 0 aliphatic carbocycles. The summed E-state index contributed by atoms with van der Waals surface area (Å²) in [6.45, 7) is 0. The van der Waals surface area contributed by atoms with Gasteiger partial charge in [-0.2, -0.15) is 23.4 Å². The van der Waals surface area contributed by atoms with Crippen LogP contribution in [0.4, 0.5) is 36.2 Å². The topological polar surface area (TPSA) is 140 Å². The second-order valence-electron chi connectivity index (χ2n) is 4.01. The molecule has 2 aromatic rings. The highest BCUT2D eigenvalue weighted by atomic mass is 32.2. The predicted octanol–water partition coefficient (Wildman–Crippen LogP) is 2.28. The van der Waals surface area contributed by atoms with Crippen molar-refractivity contribution in [3.8, 4) is 0 Å². The molecule has 0 aliphatic rings. The fourth-order valence-corrected chi connectivity index (χ4v) is 2.16. The monoisotopic (exact) mass is 334 g/mol. The van der Waals surface area contributed by atoms with Crippen molar-refractivity contribution in [2.45, 2.75) is 10.4 Å². The maximum atomic E-state index is 12.4. The average Bonchev–Trinajstić information content (AvgIpc) is 2.75. The molecule has 2 rings (SSSR count). The van der Waals surface area contributed by atoms with Crippen LogP contribution in [0.15, 0.2) is 39.4 Å². The number of hydrogen-bond donors (Lipinski definition) is 3. The highest BCUT2D eigenvalue weighted by Crippen LogP contribution is 2.32. The Morgan fingerprint density at radius 3 is 2.14 bits per heavy atom. The Bertz CT molecular complexity index is 791. The molecule has 118 valence electrons. The molecule has 0 saturated carbocycles. The Morgan fingerprint density at radius 1 is 1.09 bits per heavy atom. The average molecular weight is 334 g/mol. The van der Waals surface area contributed by atoms with E-state index in [1.54, 1.807) is 0 Å². The van der Waals surface area contributed by atoms with E-state index < -0.39 is 20.2 Å². The molecule has 0 amide bonds. The highest BCUT2D eigenvalue weighted by molar-refractivity contribution is 7.92. The lowest BCUT2D eigenvalue weighted by Crippen LogP contribution is -2.23. The minimum Gasteiger partial charge on any atom is -0.382 e. The molecule has 5 N–H and O–H groups in total. The number of aromatic nitrogens is 2. The van der Waals surface area contributed by atoms with E-state index in [0.29, 0.717) is 0 Å². The van der Waals surface area contributed by atoms with Crippen LogP contribution in [0.3, 0.4) is 0 Å². The summed E-state index contributed by atoms with van der Waals surface area (Å²) in [7, 11) is -5.39. The van der Waals surface area contributed by atoms with Gasteiger partial charge in [0.2, 0.25) is 0 Å². The third-order valence-corrected chi connectivity index (χ3v) is 4.01. The van der Waals surface area contributed by atoms with Gasteiger partial charge in [-0.1, -0.05) is 0 Å². The number of benzene rings is 1. The van der Waals surface area contributed by atoms with Crippen LogP contribution in [0.5, 0.6) is 0 Å². The minimum absolute atomic E-state index is 0.00230. The van der Waals surface area contributed by atoms with Crippen molar-refractivity contribution >= 4 is 32.8 Å². The van der Waals surface area contributed by atoms with Crippen molar-refractivity contribution in [1.82, 2.24) is 10.2 Å². The second-order valence-corrected chi connectivity index (χ2v) is 5.96. The minimum atomic E-state index is -5.39. The number of nitrogens with one attached hydrogen (secondary N) is 1. The van der Waals surface area contributed by atoms with E-state index in [-0.39, 0.29) is 23.0 Å². The number of aromatic amines is 1. The van der Waals surface area contributed by atoms with Crippen LogP contribution < -0.4 is 11.5 Å². The first-order valence-electron chi connectivity index (χ1n) is 5.55. The van der Waals surface area contributed by atoms with Crippen molar-refractivity contribution in [3.05, 3.63) is 24.3 Å². The number of rotatable bonds is 3. The van der Waals surface area contributed by atoms with Crippen LogP contribution in [0.2, 0.25) is 0 Å². The lowest BCUT2D eigenvalue weighted by molar-refractivity contribution is -0.0436. The normalized spacial score (nSPS) is 12.9. The maximum absolute atomic E-state index is 12.4. The van der Waals surface area contributed by atoms with Gasteiger partial charge in [0.1, 0.15) is 5.82 Å². The van der Waals surface area contributed by atoms with Gasteiger partial charge in [-0.05, 0) is 24.3 Å². The van der Waals surface area contributed by atoms with E-state index in [1.165, 1.54) is 0 Å². The molecule has 0 radical (unpaired) electrons. The fraction of sp³-hybridized carbons (Fsp3) is 0.100. The van der Waals surface area contributed by atoms with E-state index in [0.717, 1.165) is 24.3 Å². The molecule has 22 heavy (non-hydrogen) atoms. The molecule has 0 saturated heterocycles. The largest absolute Gasteiger partial charge is 0.501 e. The Morgan fingerprint density at radius 2 is 1.68 bits per heavy atom. The molecular formula is C10H9F3N6O2S. The van der Waals surface area contributed by atoms with E-state index in [4.69, 9.17) is 11.5 Å². The first kappa shape index (κ1) is 15.8. The highest BCUT2D eigenvalue weighted by Gasteiger charge is 2.46. The smallest absolute Gasteiger partial charge is 0.382 e. The summed E-state index contributed by atoms with van der Waals surface area (Å²) in [6, 6.07) is 3.68. The molecule has 12 heteroatoms. The van der Waals surface area contributed by atoms with Crippen LogP contribution in [0.25, 0.3) is 0 Å². The maximum Gasteiger partial charge on any atom is 0.501 e. The molecule has 0 atom stereocenters. The number of alkyl halides is 3. The van der Waals surface area contributed by atoms with Crippen LogP contribution >= 0.6 is 0 Å². The van der Waals surface area contributed by atoms with Gasteiger partial charge in [0.05, 0.1) is 10.6 Å². The van der Waals surface area contributed by atoms with E-state index in [9.17, 15) is 21.6 Å². The first-order valence-corrected chi connectivity index (χ1v) is 7.03. The molecule has 8 nitrogen and oxygen atoms in total. The molecule has 0 bridgehead atoms. The van der Waals surface area contributed by atoms with Gasteiger partial charge >= 0.3 is 5.51 Å². The SMILES string of the molecule is Nc1n[nH]c(N)c1N=Nc1ccc(S(=O)(=O)C(F)(F)F)cc1. The third kappa shape index (κ3) is 2.86. The standard InChI is InChI=1S/C10H9F3N6O2S/c11-10(12,13)22(20,21)6-3-1-5(2-4-6)16-17-7-8(14)18-19-9(7)15/h1-4H,(H5,14,15,18,19).